The number of amides is 1. The van der Waals surface area contributed by atoms with E-state index in [1.165, 1.54) is 30.0 Å². The second kappa shape index (κ2) is 7.47. The van der Waals surface area contributed by atoms with Gasteiger partial charge in [0, 0.05) is 11.9 Å². The second-order valence-electron chi connectivity index (χ2n) is 6.25. The van der Waals surface area contributed by atoms with Gasteiger partial charge in [-0.2, -0.15) is 5.10 Å². The highest BCUT2D eigenvalue weighted by Crippen LogP contribution is 2.39. The molecule has 1 aliphatic carbocycles. The summed E-state index contributed by atoms with van der Waals surface area (Å²) < 4.78 is 6.34. The van der Waals surface area contributed by atoms with Crippen LogP contribution >= 0.6 is 11.3 Å². The van der Waals surface area contributed by atoms with Crippen LogP contribution in [0.1, 0.15) is 56.7 Å². The molecule has 9 nitrogen and oxygen atoms in total. The van der Waals surface area contributed by atoms with Crippen molar-refractivity contribution in [2.75, 3.05) is 11.9 Å². The average molecular weight is 392 g/mol. The molecule has 1 amide bonds. The van der Waals surface area contributed by atoms with E-state index in [0.29, 0.717) is 10.6 Å². The van der Waals surface area contributed by atoms with E-state index in [2.05, 4.69) is 10.4 Å². The number of carbonyl (C=O) groups is 2. The fourth-order valence-corrected chi connectivity index (χ4v) is 4.63. The highest BCUT2D eigenvalue weighted by atomic mass is 32.1. The fraction of sp³-hybridized carbons (Fsp3) is 0.471. The average Bonchev–Trinajstić information content (AvgIpc) is 3.11. The SMILES string of the molecule is CCOC(=O)c1c(NC(=O)c2c([N+](=O)[O-])c(C)nn2C)sc2c1CCCC2. The van der Waals surface area contributed by atoms with Crippen LogP contribution in [0.15, 0.2) is 0 Å². The number of carbonyl (C=O) groups excluding carboxylic acids is 2. The highest BCUT2D eigenvalue weighted by Gasteiger charge is 2.32. The zero-order chi connectivity index (χ0) is 19.7. The maximum absolute atomic E-state index is 12.8. The monoisotopic (exact) mass is 392 g/mol. The van der Waals surface area contributed by atoms with Gasteiger partial charge in [-0.25, -0.2) is 4.79 Å². The molecule has 0 spiro atoms. The molecule has 144 valence electrons. The zero-order valence-corrected chi connectivity index (χ0v) is 16.1. The van der Waals surface area contributed by atoms with Crippen LogP contribution in [0, 0.1) is 17.0 Å². The number of esters is 1. The number of fused-ring (bicyclic) bond motifs is 1. The van der Waals surface area contributed by atoms with Gasteiger partial charge in [0.1, 0.15) is 10.7 Å². The van der Waals surface area contributed by atoms with Crippen LogP contribution in [0.3, 0.4) is 0 Å². The Kier molecular flexibility index (Phi) is 5.26. The molecule has 0 saturated carbocycles. The van der Waals surface area contributed by atoms with E-state index in [9.17, 15) is 19.7 Å². The maximum Gasteiger partial charge on any atom is 0.341 e. The summed E-state index contributed by atoms with van der Waals surface area (Å²) in [5.74, 6) is -1.16. The summed E-state index contributed by atoms with van der Waals surface area (Å²) in [5.41, 5.74) is 0.943. The first-order valence-corrected chi connectivity index (χ1v) is 9.47. The minimum absolute atomic E-state index is 0.154. The van der Waals surface area contributed by atoms with Crippen LogP contribution in [-0.4, -0.2) is 33.2 Å². The van der Waals surface area contributed by atoms with Gasteiger partial charge in [-0.05, 0) is 45.1 Å². The molecule has 27 heavy (non-hydrogen) atoms. The van der Waals surface area contributed by atoms with Crippen molar-refractivity contribution in [3.63, 3.8) is 0 Å². The van der Waals surface area contributed by atoms with Crippen LogP contribution < -0.4 is 5.32 Å². The smallest absolute Gasteiger partial charge is 0.341 e. The van der Waals surface area contributed by atoms with Gasteiger partial charge in [0.15, 0.2) is 0 Å². The minimum Gasteiger partial charge on any atom is -0.462 e. The first-order chi connectivity index (χ1) is 12.8. The van der Waals surface area contributed by atoms with Gasteiger partial charge < -0.3 is 10.1 Å². The second-order valence-corrected chi connectivity index (χ2v) is 7.36. The molecule has 0 fully saturated rings. The van der Waals surface area contributed by atoms with Crippen molar-refractivity contribution in [2.45, 2.75) is 39.5 Å². The number of nitrogens with zero attached hydrogens (tertiary/aromatic N) is 3. The van der Waals surface area contributed by atoms with Crippen molar-refractivity contribution in [3.8, 4) is 0 Å². The molecule has 0 aromatic carbocycles. The molecular formula is C17H20N4O5S. The Bertz CT molecular complexity index is 930. The zero-order valence-electron chi connectivity index (χ0n) is 15.3. The summed E-state index contributed by atoms with van der Waals surface area (Å²) in [4.78, 5) is 37.0. The number of hydrogen-bond donors (Lipinski definition) is 1. The predicted octanol–water partition coefficient (Wildman–Crippen LogP) is 3.01. The van der Waals surface area contributed by atoms with Gasteiger partial charge in [0.25, 0.3) is 5.91 Å². The highest BCUT2D eigenvalue weighted by molar-refractivity contribution is 7.17. The van der Waals surface area contributed by atoms with E-state index in [0.717, 1.165) is 36.1 Å². The summed E-state index contributed by atoms with van der Waals surface area (Å²) in [5, 5.41) is 18.4. The molecule has 1 aliphatic rings. The third kappa shape index (κ3) is 3.44. The number of nitrogens with one attached hydrogen (secondary N) is 1. The number of hydrogen-bond acceptors (Lipinski definition) is 7. The molecule has 0 unspecified atom stereocenters. The number of rotatable bonds is 5. The molecule has 3 rings (SSSR count). The van der Waals surface area contributed by atoms with Crippen molar-refractivity contribution in [3.05, 3.63) is 37.5 Å². The summed E-state index contributed by atoms with van der Waals surface area (Å²) in [7, 11) is 1.47. The molecule has 0 bridgehead atoms. The Balaban J connectivity index is 2.01. The number of aromatic nitrogens is 2. The molecule has 1 N–H and O–H groups in total. The Morgan fingerprint density at radius 1 is 1.37 bits per heavy atom. The van der Waals surface area contributed by atoms with E-state index in [1.807, 2.05) is 0 Å². The third-order valence-corrected chi connectivity index (χ3v) is 5.67. The molecular weight excluding hydrogens is 372 g/mol. The molecule has 0 saturated heterocycles. The Morgan fingerprint density at radius 2 is 2.07 bits per heavy atom. The van der Waals surface area contributed by atoms with Gasteiger partial charge in [-0.3, -0.25) is 19.6 Å². The van der Waals surface area contributed by atoms with Gasteiger partial charge in [-0.15, -0.1) is 11.3 Å². The minimum atomic E-state index is -0.672. The lowest BCUT2D eigenvalue weighted by Crippen LogP contribution is -2.19. The number of thiophene rings is 1. The number of ether oxygens (including phenoxy) is 1. The summed E-state index contributed by atoms with van der Waals surface area (Å²) in [6.45, 7) is 3.42. The quantitative estimate of drug-likeness (QED) is 0.475. The van der Waals surface area contributed by atoms with Crippen LogP contribution in [-0.2, 0) is 24.6 Å². The Morgan fingerprint density at radius 3 is 2.74 bits per heavy atom. The van der Waals surface area contributed by atoms with Crippen molar-refractivity contribution < 1.29 is 19.2 Å². The molecule has 10 heteroatoms. The van der Waals surface area contributed by atoms with Gasteiger partial charge in [0.05, 0.1) is 17.1 Å². The lowest BCUT2D eigenvalue weighted by Gasteiger charge is -2.12. The standard InChI is InChI=1S/C17H20N4O5S/c1-4-26-17(23)12-10-7-5-6-8-11(10)27-16(12)18-15(22)14-13(21(24)25)9(2)19-20(14)3/h4-8H2,1-3H3,(H,18,22). The predicted molar refractivity (Wildman–Crippen MR) is 99.5 cm³/mol. The van der Waals surface area contributed by atoms with E-state index < -0.39 is 16.8 Å². The van der Waals surface area contributed by atoms with Crippen LogP contribution in [0.4, 0.5) is 10.7 Å². The van der Waals surface area contributed by atoms with Crippen LogP contribution in [0.5, 0.6) is 0 Å². The topological polar surface area (TPSA) is 116 Å². The first-order valence-electron chi connectivity index (χ1n) is 8.66. The molecule has 2 aromatic heterocycles. The van der Waals surface area contributed by atoms with E-state index in [1.54, 1.807) is 6.92 Å². The maximum atomic E-state index is 12.8. The normalized spacial score (nSPS) is 13.1. The van der Waals surface area contributed by atoms with Crippen molar-refractivity contribution in [2.24, 2.45) is 7.05 Å². The number of anilines is 1. The van der Waals surface area contributed by atoms with Gasteiger partial charge >= 0.3 is 11.7 Å². The molecule has 0 radical (unpaired) electrons. The lowest BCUT2D eigenvalue weighted by atomic mass is 9.95. The Labute approximate surface area is 159 Å². The molecule has 0 aliphatic heterocycles. The van der Waals surface area contributed by atoms with E-state index >= 15 is 0 Å². The van der Waals surface area contributed by atoms with Crippen molar-refractivity contribution in [1.82, 2.24) is 9.78 Å². The number of nitro groups is 1. The van der Waals surface area contributed by atoms with Crippen LogP contribution in [0.2, 0.25) is 0 Å². The summed E-state index contributed by atoms with van der Waals surface area (Å²) in [6.07, 6.45) is 3.58. The van der Waals surface area contributed by atoms with E-state index in [-0.39, 0.29) is 23.7 Å². The Hall–Kier alpha value is -2.75. The van der Waals surface area contributed by atoms with Gasteiger partial charge in [-0.1, -0.05) is 0 Å². The largest absolute Gasteiger partial charge is 0.462 e. The first kappa shape index (κ1) is 19.0. The lowest BCUT2D eigenvalue weighted by molar-refractivity contribution is -0.385. The van der Waals surface area contributed by atoms with Crippen molar-refractivity contribution in [1.29, 1.82) is 0 Å². The fourth-order valence-electron chi connectivity index (χ4n) is 3.36. The summed E-state index contributed by atoms with van der Waals surface area (Å²) >= 11 is 1.33. The molecule has 2 aromatic rings. The van der Waals surface area contributed by atoms with Gasteiger partial charge in [0.2, 0.25) is 5.69 Å². The molecule has 0 atom stereocenters. The van der Waals surface area contributed by atoms with E-state index in [4.69, 9.17) is 4.74 Å². The third-order valence-electron chi connectivity index (χ3n) is 4.47. The van der Waals surface area contributed by atoms with Crippen LogP contribution in [0.25, 0.3) is 0 Å². The van der Waals surface area contributed by atoms with Crippen molar-refractivity contribution >= 4 is 33.9 Å². The molecule has 2 heterocycles. The summed E-state index contributed by atoms with van der Waals surface area (Å²) in [6, 6.07) is 0. The number of aryl methyl sites for hydroxylation is 3.